The zero-order chi connectivity index (χ0) is 19.6. The standard InChI is InChI=1S/C21H22N4O2S2/c1-11-16(22-18(28-11)15-3-2-4-27-15)17(26)23-20-25-24-19(29-20)21-8-12-5-13(9-21)7-14(6-12)10-21/h2-4,12-14H,5-10H2,1H3,(H,23,25,26). The summed E-state index contributed by atoms with van der Waals surface area (Å²) in [6, 6.07) is 3.67. The molecule has 3 heterocycles. The molecule has 150 valence electrons. The second-order valence-corrected chi connectivity index (χ2v) is 11.1. The number of aromatic nitrogens is 3. The number of carbonyl (C=O) groups is 1. The van der Waals surface area contributed by atoms with Crippen LogP contribution in [0.3, 0.4) is 0 Å². The molecule has 0 spiro atoms. The molecule has 0 saturated heterocycles. The average molecular weight is 427 g/mol. The lowest BCUT2D eigenvalue weighted by molar-refractivity contribution is -0.00555. The Morgan fingerprint density at radius 2 is 1.86 bits per heavy atom. The first-order valence-corrected chi connectivity index (χ1v) is 11.9. The van der Waals surface area contributed by atoms with E-state index >= 15 is 0 Å². The molecule has 1 amide bonds. The first-order valence-electron chi connectivity index (χ1n) is 10.2. The first-order chi connectivity index (χ1) is 14.1. The van der Waals surface area contributed by atoms with Gasteiger partial charge in [0.2, 0.25) is 5.13 Å². The summed E-state index contributed by atoms with van der Waals surface area (Å²) in [5.74, 6) is 3.03. The summed E-state index contributed by atoms with van der Waals surface area (Å²) < 4.78 is 5.40. The van der Waals surface area contributed by atoms with E-state index in [9.17, 15) is 4.79 Å². The molecule has 4 saturated carbocycles. The minimum absolute atomic E-state index is 0.207. The summed E-state index contributed by atoms with van der Waals surface area (Å²) in [5, 5.41) is 14.2. The molecule has 6 nitrogen and oxygen atoms in total. The highest BCUT2D eigenvalue weighted by atomic mass is 32.1. The molecule has 4 bridgehead atoms. The Bertz CT molecular complexity index is 1030. The molecule has 0 aromatic carbocycles. The second kappa shape index (κ2) is 6.47. The van der Waals surface area contributed by atoms with Crippen LogP contribution in [0, 0.1) is 24.7 Å². The summed E-state index contributed by atoms with van der Waals surface area (Å²) in [7, 11) is 0. The summed E-state index contributed by atoms with van der Waals surface area (Å²) in [4.78, 5) is 18.2. The van der Waals surface area contributed by atoms with Crippen molar-refractivity contribution in [3.05, 3.63) is 34.0 Å². The van der Waals surface area contributed by atoms with Crippen molar-refractivity contribution in [3.8, 4) is 10.8 Å². The van der Waals surface area contributed by atoms with Crippen molar-refractivity contribution in [1.29, 1.82) is 0 Å². The Kier molecular flexibility index (Phi) is 3.96. The topological polar surface area (TPSA) is 80.9 Å². The van der Waals surface area contributed by atoms with Crippen LogP contribution in [0.5, 0.6) is 0 Å². The third-order valence-electron chi connectivity index (χ3n) is 6.88. The third kappa shape index (κ3) is 2.95. The lowest BCUT2D eigenvalue weighted by Gasteiger charge is -2.55. The predicted molar refractivity (Wildman–Crippen MR) is 112 cm³/mol. The summed E-state index contributed by atoms with van der Waals surface area (Å²) in [6.07, 6.45) is 9.57. The second-order valence-electron chi connectivity index (χ2n) is 8.97. The Morgan fingerprint density at radius 3 is 2.52 bits per heavy atom. The van der Waals surface area contributed by atoms with E-state index in [1.54, 1.807) is 17.6 Å². The molecule has 0 atom stereocenters. The number of nitrogens with zero attached hydrogens (tertiary/aromatic N) is 3. The normalized spacial score (nSPS) is 30.0. The molecule has 3 aromatic rings. The van der Waals surface area contributed by atoms with Crippen molar-refractivity contribution in [1.82, 2.24) is 15.2 Å². The van der Waals surface area contributed by atoms with Gasteiger partial charge in [0.15, 0.2) is 10.8 Å². The molecule has 8 heteroatoms. The zero-order valence-corrected chi connectivity index (χ0v) is 17.8. The number of thiazole rings is 1. The Balaban J connectivity index is 1.22. The van der Waals surface area contributed by atoms with Gasteiger partial charge in [0.25, 0.3) is 5.91 Å². The molecule has 0 unspecified atom stereocenters. The lowest BCUT2D eigenvalue weighted by Crippen LogP contribution is -2.48. The maximum absolute atomic E-state index is 12.8. The van der Waals surface area contributed by atoms with Gasteiger partial charge in [-0.25, -0.2) is 4.98 Å². The Morgan fingerprint density at radius 1 is 1.14 bits per heavy atom. The molecule has 0 aliphatic heterocycles. The molecule has 1 N–H and O–H groups in total. The van der Waals surface area contributed by atoms with Gasteiger partial charge in [-0.3, -0.25) is 10.1 Å². The van der Waals surface area contributed by atoms with E-state index in [1.807, 2.05) is 19.1 Å². The predicted octanol–water partition coefficient (Wildman–Crippen LogP) is 5.28. The van der Waals surface area contributed by atoms with E-state index in [-0.39, 0.29) is 11.3 Å². The number of amides is 1. The molecular formula is C21H22N4O2S2. The van der Waals surface area contributed by atoms with E-state index in [1.165, 1.54) is 49.9 Å². The number of anilines is 1. The molecular weight excluding hydrogens is 404 g/mol. The van der Waals surface area contributed by atoms with Crippen LogP contribution in [0.25, 0.3) is 10.8 Å². The minimum Gasteiger partial charge on any atom is -0.462 e. The molecule has 4 aliphatic rings. The number of rotatable bonds is 4. The van der Waals surface area contributed by atoms with Crippen LogP contribution in [0.4, 0.5) is 5.13 Å². The van der Waals surface area contributed by atoms with Crippen LogP contribution in [0.1, 0.15) is 58.9 Å². The monoisotopic (exact) mass is 426 g/mol. The third-order valence-corrected chi connectivity index (χ3v) is 8.95. The minimum atomic E-state index is -0.232. The highest BCUT2D eigenvalue weighted by Gasteiger charge is 2.53. The van der Waals surface area contributed by atoms with Gasteiger partial charge in [0, 0.05) is 10.3 Å². The van der Waals surface area contributed by atoms with Gasteiger partial charge in [0.1, 0.15) is 10.7 Å². The smallest absolute Gasteiger partial charge is 0.277 e. The van der Waals surface area contributed by atoms with Crippen molar-refractivity contribution in [2.75, 3.05) is 5.32 Å². The number of nitrogens with one attached hydrogen (secondary N) is 1. The number of hydrogen-bond donors (Lipinski definition) is 1. The molecule has 7 rings (SSSR count). The maximum atomic E-state index is 12.8. The van der Waals surface area contributed by atoms with Crippen LogP contribution < -0.4 is 5.32 Å². The van der Waals surface area contributed by atoms with Gasteiger partial charge in [0.05, 0.1) is 6.26 Å². The highest BCUT2D eigenvalue weighted by molar-refractivity contribution is 7.16. The van der Waals surface area contributed by atoms with Gasteiger partial charge in [-0.1, -0.05) is 11.3 Å². The quantitative estimate of drug-likeness (QED) is 0.614. The number of aryl methyl sites for hydroxylation is 1. The van der Waals surface area contributed by atoms with Crippen LogP contribution in [-0.2, 0) is 5.41 Å². The first kappa shape index (κ1) is 17.8. The van der Waals surface area contributed by atoms with Crippen molar-refractivity contribution < 1.29 is 9.21 Å². The molecule has 0 radical (unpaired) electrons. The van der Waals surface area contributed by atoms with E-state index < -0.39 is 0 Å². The number of hydrogen-bond acceptors (Lipinski definition) is 7. The van der Waals surface area contributed by atoms with Gasteiger partial charge < -0.3 is 4.42 Å². The zero-order valence-electron chi connectivity index (χ0n) is 16.2. The maximum Gasteiger partial charge on any atom is 0.277 e. The van der Waals surface area contributed by atoms with Crippen LogP contribution >= 0.6 is 22.7 Å². The van der Waals surface area contributed by atoms with Crippen molar-refractivity contribution in [2.24, 2.45) is 17.8 Å². The van der Waals surface area contributed by atoms with Crippen LogP contribution in [-0.4, -0.2) is 21.1 Å². The van der Waals surface area contributed by atoms with Crippen molar-refractivity contribution in [2.45, 2.75) is 50.9 Å². The van der Waals surface area contributed by atoms with Gasteiger partial charge in [-0.15, -0.1) is 21.5 Å². The van der Waals surface area contributed by atoms with Crippen LogP contribution in [0.2, 0.25) is 0 Å². The molecule has 4 aliphatic carbocycles. The lowest BCUT2D eigenvalue weighted by atomic mass is 9.50. The molecule has 4 fully saturated rings. The molecule has 29 heavy (non-hydrogen) atoms. The highest BCUT2D eigenvalue weighted by Crippen LogP contribution is 2.61. The van der Waals surface area contributed by atoms with E-state index in [0.717, 1.165) is 27.6 Å². The largest absolute Gasteiger partial charge is 0.462 e. The Labute approximate surface area is 176 Å². The summed E-state index contributed by atoms with van der Waals surface area (Å²) in [6.45, 7) is 1.90. The average Bonchev–Trinajstić information content (AvgIpc) is 3.41. The fourth-order valence-corrected chi connectivity index (χ4v) is 7.97. The number of furan rings is 1. The fraction of sp³-hybridized carbons (Fsp3) is 0.524. The van der Waals surface area contributed by atoms with Gasteiger partial charge in [-0.2, -0.15) is 0 Å². The van der Waals surface area contributed by atoms with Crippen molar-refractivity contribution in [3.63, 3.8) is 0 Å². The van der Waals surface area contributed by atoms with Gasteiger partial charge >= 0.3 is 0 Å². The number of carbonyl (C=O) groups excluding carboxylic acids is 1. The van der Waals surface area contributed by atoms with E-state index in [2.05, 4.69) is 20.5 Å². The van der Waals surface area contributed by atoms with Crippen LogP contribution in [0.15, 0.2) is 22.8 Å². The molecule has 3 aromatic heterocycles. The fourth-order valence-electron chi connectivity index (χ4n) is 6.13. The summed E-state index contributed by atoms with van der Waals surface area (Å²) >= 11 is 3.01. The van der Waals surface area contributed by atoms with Crippen molar-refractivity contribution >= 4 is 33.7 Å². The van der Waals surface area contributed by atoms with E-state index in [4.69, 9.17) is 4.42 Å². The van der Waals surface area contributed by atoms with E-state index in [0.29, 0.717) is 21.6 Å². The van der Waals surface area contributed by atoms with Gasteiger partial charge in [-0.05, 0) is 75.3 Å². The summed E-state index contributed by atoms with van der Waals surface area (Å²) in [5.41, 5.74) is 0.631. The Hall–Kier alpha value is -2.06. The SMILES string of the molecule is Cc1sc(-c2ccco2)nc1C(=O)Nc1nnc(C23CC4CC(CC(C4)C2)C3)s1.